The molecule has 0 spiro atoms. The molecule has 1 rings (SSSR count). The van der Waals surface area contributed by atoms with Crippen LogP contribution >= 0.6 is 0 Å². The lowest BCUT2D eigenvalue weighted by molar-refractivity contribution is -0.135. The molecule has 0 radical (unpaired) electrons. The highest BCUT2D eigenvalue weighted by molar-refractivity contribution is 5.77. The second kappa shape index (κ2) is 8.73. The third kappa shape index (κ3) is 5.12. The van der Waals surface area contributed by atoms with Crippen LogP contribution in [-0.4, -0.2) is 38.2 Å². The summed E-state index contributed by atoms with van der Waals surface area (Å²) in [5, 5.41) is 8.49. The molecule has 0 aliphatic rings. The summed E-state index contributed by atoms with van der Waals surface area (Å²) < 4.78 is 9.96. The average Bonchev–Trinajstić information content (AvgIpc) is 2.47. The molecule has 0 bridgehead atoms. The summed E-state index contributed by atoms with van der Waals surface area (Å²) >= 11 is 0. The third-order valence-electron chi connectivity index (χ3n) is 2.67. The molecule has 1 aromatic carbocycles. The SMILES string of the molecule is COCC(=O)N(C/C=C\C#N)Cc1ccc(OC)cc1. The van der Waals surface area contributed by atoms with Crippen LogP contribution in [0.5, 0.6) is 5.75 Å². The molecule has 0 aromatic heterocycles. The van der Waals surface area contributed by atoms with Gasteiger partial charge in [-0.2, -0.15) is 5.26 Å². The Balaban J connectivity index is 2.73. The summed E-state index contributed by atoms with van der Waals surface area (Å²) in [7, 11) is 3.09. The third-order valence-corrected chi connectivity index (χ3v) is 2.67. The summed E-state index contributed by atoms with van der Waals surface area (Å²) in [6.45, 7) is 0.861. The number of benzene rings is 1. The zero-order valence-electron chi connectivity index (χ0n) is 11.7. The molecule has 1 aromatic rings. The van der Waals surface area contributed by atoms with Crippen molar-refractivity contribution in [3.63, 3.8) is 0 Å². The summed E-state index contributed by atoms with van der Waals surface area (Å²) in [6, 6.07) is 9.41. The van der Waals surface area contributed by atoms with Crippen molar-refractivity contribution in [3.8, 4) is 11.8 Å². The first-order chi connectivity index (χ1) is 9.71. The maximum atomic E-state index is 11.9. The standard InChI is InChI=1S/C15H18N2O3/c1-19-12-15(18)17(10-4-3-9-16)11-13-5-7-14(20-2)8-6-13/h3-8H,10-12H2,1-2H3/b4-3-. The summed E-state index contributed by atoms with van der Waals surface area (Å²) in [6.07, 6.45) is 3.01. The molecule has 0 fully saturated rings. The number of carbonyl (C=O) groups excluding carboxylic acids is 1. The molecule has 5 heteroatoms. The monoisotopic (exact) mass is 274 g/mol. The van der Waals surface area contributed by atoms with E-state index in [-0.39, 0.29) is 12.5 Å². The Bertz CT molecular complexity index is 489. The molecule has 20 heavy (non-hydrogen) atoms. The number of amides is 1. The van der Waals surface area contributed by atoms with Crippen LogP contribution in [0, 0.1) is 11.3 Å². The van der Waals surface area contributed by atoms with Crippen molar-refractivity contribution in [3.05, 3.63) is 42.0 Å². The van der Waals surface area contributed by atoms with Crippen LogP contribution < -0.4 is 4.74 Å². The lowest BCUT2D eigenvalue weighted by Crippen LogP contribution is -2.33. The van der Waals surface area contributed by atoms with Crippen LogP contribution in [0.25, 0.3) is 0 Å². The van der Waals surface area contributed by atoms with Crippen molar-refractivity contribution < 1.29 is 14.3 Å². The highest BCUT2D eigenvalue weighted by atomic mass is 16.5. The molecule has 106 valence electrons. The van der Waals surface area contributed by atoms with Crippen molar-refractivity contribution in [2.75, 3.05) is 27.4 Å². The zero-order valence-corrected chi connectivity index (χ0v) is 11.7. The molecule has 0 unspecified atom stereocenters. The van der Waals surface area contributed by atoms with Crippen LogP contribution in [-0.2, 0) is 16.1 Å². The highest BCUT2D eigenvalue weighted by Crippen LogP contribution is 2.13. The maximum Gasteiger partial charge on any atom is 0.249 e. The van der Waals surface area contributed by atoms with Gasteiger partial charge in [-0.15, -0.1) is 0 Å². The zero-order chi connectivity index (χ0) is 14.8. The van der Waals surface area contributed by atoms with Gasteiger partial charge < -0.3 is 14.4 Å². The summed E-state index contributed by atoms with van der Waals surface area (Å²) in [4.78, 5) is 13.5. The summed E-state index contributed by atoms with van der Waals surface area (Å²) in [5.74, 6) is 0.652. The minimum absolute atomic E-state index is 0.0244. The van der Waals surface area contributed by atoms with Crippen LogP contribution in [0.15, 0.2) is 36.4 Å². The van der Waals surface area contributed by atoms with E-state index in [0.29, 0.717) is 13.1 Å². The second-order valence-corrected chi connectivity index (χ2v) is 4.09. The second-order valence-electron chi connectivity index (χ2n) is 4.09. The number of rotatable bonds is 7. The Morgan fingerprint density at radius 3 is 2.60 bits per heavy atom. The van der Waals surface area contributed by atoms with E-state index in [0.717, 1.165) is 11.3 Å². The van der Waals surface area contributed by atoms with Crippen LogP contribution in [0.2, 0.25) is 0 Å². The molecule has 0 aliphatic carbocycles. The lowest BCUT2D eigenvalue weighted by Gasteiger charge is -2.21. The quantitative estimate of drug-likeness (QED) is 0.711. The Morgan fingerprint density at radius 1 is 1.35 bits per heavy atom. The Hall–Kier alpha value is -2.32. The first kappa shape index (κ1) is 15.7. The first-order valence-corrected chi connectivity index (χ1v) is 6.15. The van der Waals surface area contributed by atoms with Gasteiger partial charge in [0.1, 0.15) is 12.4 Å². The normalized spacial score (nSPS) is 10.2. The van der Waals surface area contributed by atoms with Gasteiger partial charge >= 0.3 is 0 Å². The van der Waals surface area contributed by atoms with E-state index in [1.165, 1.54) is 13.2 Å². The number of methoxy groups -OCH3 is 2. The van der Waals surface area contributed by atoms with Gasteiger partial charge in [0.25, 0.3) is 0 Å². The maximum absolute atomic E-state index is 11.9. The van der Waals surface area contributed by atoms with E-state index in [9.17, 15) is 4.79 Å². The lowest BCUT2D eigenvalue weighted by atomic mass is 10.2. The van der Waals surface area contributed by atoms with Gasteiger partial charge in [-0.25, -0.2) is 0 Å². The molecule has 0 saturated carbocycles. The van der Waals surface area contributed by atoms with Gasteiger partial charge in [0.05, 0.1) is 13.2 Å². The van der Waals surface area contributed by atoms with Crippen molar-refractivity contribution in [1.82, 2.24) is 4.90 Å². The molecule has 5 nitrogen and oxygen atoms in total. The fourth-order valence-corrected chi connectivity index (χ4v) is 1.65. The Kier molecular flexibility index (Phi) is 6.87. The van der Waals surface area contributed by atoms with E-state index in [1.54, 1.807) is 18.1 Å². The van der Waals surface area contributed by atoms with Crippen molar-refractivity contribution in [2.45, 2.75) is 6.54 Å². The topological polar surface area (TPSA) is 62.6 Å². The molecule has 0 atom stereocenters. The van der Waals surface area contributed by atoms with Crippen LogP contribution in [0.4, 0.5) is 0 Å². The van der Waals surface area contributed by atoms with E-state index in [2.05, 4.69) is 0 Å². The molecule has 0 heterocycles. The van der Waals surface area contributed by atoms with E-state index < -0.39 is 0 Å². The van der Waals surface area contributed by atoms with Gasteiger partial charge in [0, 0.05) is 26.3 Å². The van der Waals surface area contributed by atoms with Crippen LogP contribution in [0.3, 0.4) is 0 Å². The number of allylic oxidation sites excluding steroid dienone is 1. The molecule has 0 saturated heterocycles. The van der Waals surface area contributed by atoms with Crippen LogP contribution in [0.1, 0.15) is 5.56 Å². The number of hydrogen-bond donors (Lipinski definition) is 0. The van der Waals surface area contributed by atoms with Gasteiger partial charge in [-0.3, -0.25) is 4.79 Å². The molecule has 0 aliphatic heterocycles. The van der Waals surface area contributed by atoms with Gasteiger partial charge in [-0.05, 0) is 17.7 Å². The van der Waals surface area contributed by atoms with Crippen molar-refractivity contribution in [2.24, 2.45) is 0 Å². The predicted molar refractivity (Wildman–Crippen MR) is 75.0 cm³/mol. The van der Waals surface area contributed by atoms with Gasteiger partial charge in [0.2, 0.25) is 5.91 Å². The van der Waals surface area contributed by atoms with Gasteiger partial charge in [-0.1, -0.05) is 18.2 Å². The largest absolute Gasteiger partial charge is 0.497 e. The number of nitrogens with zero attached hydrogens (tertiary/aromatic N) is 2. The van der Waals surface area contributed by atoms with Crippen molar-refractivity contribution in [1.29, 1.82) is 5.26 Å². The predicted octanol–water partition coefficient (Wildman–Crippen LogP) is 1.75. The van der Waals surface area contributed by atoms with E-state index in [4.69, 9.17) is 14.7 Å². The van der Waals surface area contributed by atoms with Crippen molar-refractivity contribution >= 4 is 5.91 Å². The molecule has 0 N–H and O–H groups in total. The minimum Gasteiger partial charge on any atom is -0.497 e. The first-order valence-electron chi connectivity index (χ1n) is 6.15. The Morgan fingerprint density at radius 2 is 2.05 bits per heavy atom. The van der Waals surface area contributed by atoms with E-state index >= 15 is 0 Å². The van der Waals surface area contributed by atoms with E-state index in [1.807, 2.05) is 30.3 Å². The average molecular weight is 274 g/mol. The smallest absolute Gasteiger partial charge is 0.249 e. The summed E-state index contributed by atoms with van der Waals surface area (Å²) in [5.41, 5.74) is 0.987. The molecular formula is C15H18N2O3. The Labute approximate surface area is 119 Å². The molecule has 1 amide bonds. The molecular weight excluding hydrogens is 256 g/mol. The fraction of sp³-hybridized carbons (Fsp3) is 0.333. The number of nitriles is 1. The fourth-order valence-electron chi connectivity index (χ4n) is 1.65. The van der Waals surface area contributed by atoms with Gasteiger partial charge in [0.15, 0.2) is 0 Å². The number of hydrogen-bond acceptors (Lipinski definition) is 4. The minimum atomic E-state index is -0.120. The number of ether oxygens (including phenoxy) is 2. The highest BCUT2D eigenvalue weighted by Gasteiger charge is 2.12. The number of carbonyl (C=O) groups is 1.